The summed E-state index contributed by atoms with van der Waals surface area (Å²) in [4.78, 5) is 13.1. The predicted molar refractivity (Wildman–Crippen MR) is 77.3 cm³/mol. The topological polar surface area (TPSA) is 57.7 Å². The molecule has 1 aromatic carbocycles. The van der Waals surface area contributed by atoms with Crippen molar-refractivity contribution in [2.24, 2.45) is 0 Å². The Hall–Kier alpha value is -0.920. The number of nitrogens with zero attached hydrogens (tertiary/aromatic N) is 2. The Kier molecular flexibility index (Phi) is 5.51. The third-order valence-electron chi connectivity index (χ3n) is 2.58. The minimum absolute atomic E-state index is 0.0905. The molecule has 0 bridgehead atoms. The lowest BCUT2D eigenvalue weighted by Crippen LogP contribution is -2.28. The van der Waals surface area contributed by atoms with Crippen molar-refractivity contribution in [1.82, 2.24) is 8.23 Å². The molecule has 0 radical (unpaired) electrons. The molecule has 1 aromatic rings. The number of amides is 1. The highest BCUT2D eigenvalue weighted by Crippen LogP contribution is 2.19. The molecule has 0 aromatic heterocycles. The molecule has 0 saturated heterocycles. The summed E-state index contributed by atoms with van der Waals surface area (Å²) in [5.74, 6) is -0.122. The van der Waals surface area contributed by atoms with Crippen LogP contribution in [0.2, 0.25) is 0 Å². The van der Waals surface area contributed by atoms with Gasteiger partial charge in [-0.25, -0.2) is 8.42 Å². The smallest absolute Gasteiger partial charge is 0.252 e. The van der Waals surface area contributed by atoms with E-state index in [9.17, 15) is 13.2 Å². The van der Waals surface area contributed by atoms with E-state index < -0.39 is 10.0 Å². The highest BCUT2D eigenvalue weighted by Gasteiger charge is 2.23. The zero-order valence-electron chi connectivity index (χ0n) is 11.1. The number of rotatable bonds is 5. The fraction of sp³-hybridized carbons (Fsp3) is 0.417. The third kappa shape index (κ3) is 4.29. The highest BCUT2D eigenvalue weighted by atomic mass is 79.9. The van der Waals surface area contributed by atoms with Crippen molar-refractivity contribution >= 4 is 32.1 Å². The number of hydrogen-bond donors (Lipinski definition) is 0. The fourth-order valence-corrected chi connectivity index (χ4v) is 3.07. The van der Waals surface area contributed by atoms with Gasteiger partial charge in [-0.1, -0.05) is 17.7 Å². The highest BCUT2D eigenvalue weighted by molar-refractivity contribution is 9.08. The first-order valence-corrected chi connectivity index (χ1v) is 7.85. The van der Waals surface area contributed by atoms with Gasteiger partial charge in [0.15, 0.2) is 0 Å². The van der Waals surface area contributed by atoms with Gasteiger partial charge in [0.1, 0.15) is 0 Å². The van der Waals surface area contributed by atoms with E-state index in [1.165, 1.54) is 4.90 Å². The number of hydrogen-bond acceptors (Lipinski definition) is 3. The van der Waals surface area contributed by atoms with Crippen LogP contribution in [0.5, 0.6) is 0 Å². The Bertz CT molecular complexity index is 541. The summed E-state index contributed by atoms with van der Waals surface area (Å²) in [5, 5.41) is 0. The Labute approximate surface area is 122 Å². The van der Waals surface area contributed by atoms with Crippen molar-refractivity contribution in [3.05, 3.63) is 29.8 Å². The van der Waals surface area contributed by atoms with Crippen LogP contribution < -0.4 is 0 Å². The monoisotopic (exact) mass is 348 g/mol. The molecule has 7 heteroatoms. The molecule has 0 aliphatic rings. The van der Waals surface area contributed by atoms with Crippen molar-refractivity contribution in [1.29, 1.82) is 0 Å². The quantitative estimate of drug-likeness (QED) is 0.762. The van der Waals surface area contributed by atoms with Crippen molar-refractivity contribution in [2.45, 2.75) is 18.2 Å². The Morgan fingerprint density at radius 1 is 1.21 bits per heavy atom. The number of sulfonamides is 1. The van der Waals surface area contributed by atoms with E-state index >= 15 is 0 Å². The van der Waals surface area contributed by atoms with Crippen LogP contribution in [0.3, 0.4) is 0 Å². The van der Waals surface area contributed by atoms with Crippen LogP contribution >= 0.6 is 16.1 Å². The average molecular weight is 349 g/mol. The zero-order valence-corrected chi connectivity index (χ0v) is 13.5. The van der Waals surface area contributed by atoms with E-state index in [1.807, 2.05) is 6.92 Å². The standard InChI is InChI=1S/C12H17BrN2O3S/c1-10-4-6-11(7-5-10)19(17,18)15(13)9-8-12(16)14(2)3/h4-7H,8-9H2,1-3H3. The molecule has 0 heterocycles. The molecule has 0 fully saturated rings. The first-order chi connectivity index (χ1) is 8.75. The van der Waals surface area contributed by atoms with Crippen LogP contribution in [0.15, 0.2) is 29.2 Å². The Morgan fingerprint density at radius 2 is 1.74 bits per heavy atom. The summed E-state index contributed by atoms with van der Waals surface area (Å²) >= 11 is 3.01. The molecule has 19 heavy (non-hydrogen) atoms. The lowest BCUT2D eigenvalue weighted by Gasteiger charge is -2.16. The van der Waals surface area contributed by atoms with Gasteiger partial charge in [-0.3, -0.25) is 4.79 Å². The van der Waals surface area contributed by atoms with E-state index in [2.05, 4.69) is 16.1 Å². The molecule has 0 aliphatic heterocycles. The van der Waals surface area contributed by atoms with Gasteiger partial charge in [0.2, 0.25) is 5.91 Å². The SMILES string of the molecule is Cc1ccc(S(=O)(=O)N(Br)CCC(=O)N(C)C)cc1. The molecule has 1 rings (SSSR count). The second-order valence-corrected chi connectivity index (χ2v) is 7.56. The number of aryl methyl sites for hydroxylation is 1. The van der Waals surface area contributed by atoms with Crippen LogP contribution in [-0.2, 0) is 14.8 Å². The summed E-state index contributed by atoms with van der Waals surface area (Å²) < 4.78 is 25.4. The molecule has 0 spiro atoms. The largest absolute Gasteiger partial charge is 0.349 e. The maximum absolute atomic E-state index is 12.2. The van der Waals surface area contributed by atoms with Crippen molar-refractivity contribution in [3.8, 4) is 0 Å². The molecule has 5 nitrogen and oxygen atoms in total. The van der Waals surface area contributed by atoms with E-state index in [1.54, 1.807) is 38.4 Å². The first kappa shape index (κ1) is 16.1. The Morgan fingerprint density at radius 3 is 2.21 bits per heavy atom. The fourth-order valence-electron chi connectivity index (χ4n) is 1.35. The van der Waals surface area contributed by atoms with Crippen LogP contribution in [0.4, 0.5) is 0 Å². The van der Waals surface area contributed by atoms with E-state index in [0.717, 1.165) is 8.89 Å². The molecule has 0 saturated carbocycles. The van der Waals surface area contributed by atoms with Gasteiger partial charge in [-0.05, 0) is 19.1 Å². The van der Waals surface area contributed by atoms with Crippen LogP contribution in [0.25, 0.3) is 0 Å². The van der Waals surface area contributed by atoms with Crippen LogP contribution in [0, 0.1) is 6.92 Å². The lowest BCUT2D eigenvalue weighted by molar-refractivity contribution is -0.128. The summed E-state index contributed by atoms with van der Waals surface area (Å²) in [6, 6.07) is 6.57. The van der Waals surface area contributed by atoms with E-state index in [0.29, 0.717) is 0 Å². The van der Waals surface area contributed by atoms with Crippen molar-refractivity contribution in [2.75, 3.05) is 20.6 Å². The maximum Gasteiger partial charge on any atom is 0.252 e. The Balaban J connectivity index is 2.77. The van der Waals surface area contributed by atoms with Crippen LogP contribution in [0.1, 0.15) is 12.0 Å². The molecular weight excluding hydrogens is 332 g/mol. The number of carbonyl (C=O) groups excluding carboxylic acids is 1. The molecule has 0 atom stereocenters. The molecule has 1 amide bonds. The molecule has 0 aliphatic carbocycles. The van der Waals surface area contributed by atoms with Gasteiger partial charge in [0.25, 0.3) is 10.0 Å². The first-order valence-electron chi connectivity index (χ1n) is 5.70. The van der Waals surface area contributed by atoms with Crippen molar-refractivity contribution < 1.29 is 13.2 Å². The maximum atomic E-state index is 12.2. The van der Waals surface area contributed by atoms with Crippen LogP contribution in [-0.4, -0.2) is 43.2 Å². The van der Waals surface area contributed by atoms with E-state index in [4.69, 9.17) is 0 Å². The zero-order chi connectivity index (χ0) is 14.6. The van der Waals surface area contributed by atoms with Crippen molar-refractivity contribution in [3.63, 3.8) is 0 Å². The number of carbonyl (C=O) groups is 1. The molecule has 0 N–H and O–H groups in total. The molecule has 0 unspecified atom stereocenters. The third-order valence-corrected chi connectivity index (χ3v) is 5.65. The van der Waals surface area contributed by atoms with Gasteiger partial charge in [0.05, 0.1) is 4.90 Å². The lowest BCUT2D eigenvalue weighted by atomic mass is 10.2. The van der Waals surface area contributed by atoms with Gasteiger partial charge in [-0.15, -0.1) is 3.33 Å². The summed E-state index contributed by atoms with van der Waals surface area (Å²) in [6.45, 7) is 1.98. The second kappa shape index (κ2) is 6.49. The normalized spacial score (nSPS) is 11.6. The second-order valence-electron chi connectivity index (χ2n) is 4.37. The number of benzene rings is 1. The molecular formula is C12H17BrN2O3S. The molecule has 106 valence electrons. The van der Waals surface area contributed by atoms with Gasteiger partial charge < -0.3 is 4.90 Å². The summed E-state index contributed by atoms with van der Waals surface area (Å²) in [5.41, 5.74) is 0.989. The summed E-state index contributed by atoms with van der Waals surface area (Å²) in [7, 11) is -0.329. The summed E-state index contributed by atoms with van der Waals surface area (Å²) in [6.07, 6.45) is 0.128. The van der Waals surface area contributed by atoms with E-state index in [-0.39, 0.29) is 23.8 Å². The minimum Gasteiger partial charge on any atom is -0.349 e. The average Bonchev–Trinajstić information content (AvgIpc) is 2.35. The minimum atomic E-state index is -3.60. The van der Waals surface area contributed by atoms with Gasteiger partial charge in [-0.2, -0.15) is 0 Å². The van der Waals surface area contributed by atoms with Gasteiger partial charge >= 0.3 is 0 Å². The predicted octanol–water partition coefficient (Wildman–Crippen LogP) is 1.77. The van der Waals surface area contributed by atoms with Gasteiger partial charge in [0, 0.05) is 43.2 Å². The number of halogens is 1.